The number of benzene rings is 2. The van der Waals surface area contributed by atoms with Crippen LogP contribution in [0.4, 0.5) is 13.2 Å². The summed E-state index contributed by atoms with van der Waals surface area (Å²) >= 11 is 0. The average molecular weight is 417 g/mol. The molecule has 0 bridgehead atoms. The lowest BCUT2D eigenvalue weighted by atomic mass is 10.0. The Kier molecular flexibility index (Phi) is 7.68. The molecule has 0 saturated carbocycles. The van der Waals surface area contributed by atoms with Crippen molar-refractivity contribution in [3.63, 3.8) is 0 Å². The number of amides is 1. The fourth-order valence-electron chi connectivity index (χ4n) is 2.75. The molecule has 0 radical (unpaired) electrons. The molecule has 2 aromatic carbocycles. The van der Waals surface area contributed by atoms with Gasteiger partial charge in [0.25, 0.3) is 5.91 Å². The van der Waals surface area contributed by atoms with E-state index in [0.717, 1.165) is 12.1 Å². The molecule has 1 unspecified atom stereocenters. The highest BCUT2D eigenvalue weighted by molar-refractivity contribution is 5.95. The fraction of sp³-hybridized carbons (Fsp3) is 0.316. The van der Waals surface area contributed by atoms with Crippen LogP contribution in [0.1, 0.15) is 10.4 Å². The van der Waals surface area contributed by atoms with Crippen LogP contribution in [0.25, 0.3) is 11.1 Å². The number of carbonyl (C=O) groups excluding carboxylic acids is 1. The van der Waals surface area contributed by atoms with Crippen LogP contribution >= 0.6 is 12.4 Å². The van der Waals surface area contributed by atoms with Crippen molar-refractivity contribution in [1.82, 2.24) is 10.6 Å². The minimum absolute atomic E-state index is 0. The Morgan fingerprint density at radius 3 is 2.57 bits per heavy atom. The smallest absolute Gasteiger partial charge is 0.406 e. The first-order chi connectivity index (χ1) is 12.9. The molecular weight excluding hydrogens is 397 g/mol. The van der Waals surface area contributed by atoms with E-state index in [9.17, 15) is 18.0 Å². The van der Waals surface area contributed by atoms with Crippen LogP contribution in [0.2, 0.25) is 0 Å². The molecule has 0 aliphatic carbocycles. The summed E-state index contributed by atoms with van der Waals surface area (Å²) in [6.45, 7) is 2.51. The van der Waals surface area contributed by atoms with Crippen LogP contribution in [0.15, 0.2) is 48.5 Å². The van der Waals surface area contributed by atoms with E-state index in [1.807, 2.05) is 0 Å². The molecule has 28 heavy (non-hydrogen) atoms. The third-order valence-electron chi connectivity index (χ3n) is 4.04. The summed E-state index contributed by atoms with van der Waals surface area (Å²) in [5, 5.41) is 6.02. The Balaban J connectivity index is 0.00000280. The second kappa shape index (κ2) is 9.77. The topological polar surface area (TPSA) is 59.6 Å². The molecule has 1 aliphatic heterocycles. The molecule has 5 nitrogen and oxygen atoms in total. The number of carbonyl (C=O) groups is 1. The summed E-state index contributed by atoms with van der Waals surface area (Å²) in [5.74, 6) is -0.524. The standard InChI is InChI=1S/C19H19F3N2O3.ClH/c20-19(21,22)27-16-6-4-13(5-7-16)14-2-1-3-15(10-14)18(25)24-12-17-11-23-8-9-26-17;/h1-7,10,17,23H,8-9,11-12H2,(H,24,25);1H. The second-order valence-corrected chi connectivity index (χ2v) is 6.06. The monoisotopic (exact) mass is 416 g/mol. The zero-order valence-corrected chi connectivity index (χ0v) is 15.6. The molecule has 2 aromatic rings. The van der Waals surface area contributed by atoms with E-state index in [2.05, 4.69) is 15.4 Å². The van der Waals surface area contributed by atoms with E-state index in [0.29, 0.717) is 30.8 Å². The highest BCUT2D eigenvalue weighted by atomic mass is 35.5. The van der Waals surface area contributed by atoms with E-state index < -0.39 is 6.36 Å². The predicted octanol–water partition coefficient (Wildman–Crippen LogP) is 3.39. The predicted molar refractivity (Wildman–Crippen MR) is 101 cm³/mol. The van der Waals surface area contributed by atoms with Crippen molar-refractivity contribution in [3.05, 3.63) is 54.1 Å². The van der Waals surface area contributed by atoms with Gasteiger partial charge in [0, 0.05) is 25.2 Å². The maximum atomic E-state index is 12.3. The zero-order valence-electron chi connectivity index (χ0n) is 14.8. The third-order valence-corrected chi connectivity index (χ3v) is 4.04. The number of nitrogens with one attached hydrogen (secondary N) is 2. The summed E-state index contributed by atoms with van der Waals surface area (Å²) in [6.07, 6.45) is -4.79. The zero-order chi connectivity index (χ0) is 19.3. The molecular formula is C19H20ClF3N2O3. The molecule has 0 spiro atoms. The maximum absolute atomic E-state index is 12.3. The summed E-state index contributed by atoms with van der Waals surface area (Å²) in [4.78, 5) is 12.3. The fourth-order valence-corrected chi connectivity index (χ4v) is 2.75. The van der Waals surface area contributed by atoms with Gasteiger partial charge in [0.2, 0.25) is 0 Å². The van der Waals surface area contributed by atoms with Crippen molar-refractivity contribution < 1.29 is 27.4 Å². The molecule has 1 heterocycles. The minimum Gasteiger partial charge on any atom is -0.406 e. The van der Waals surface area contributed by atoms with Gasteiger partial charge in [-0.2, -0.15) is 0 Å². The van der Waals surface area contributed by atoms with Crippen molar-refractivity contribution in [2.75, 3.05) is 26.2 Å². The minimum atomic E-state index is -4.73. The molecule has 1 atom stereocenters. The molecule has 1 saturated heterocycles. The summed E-state index contributed by atoms with van der Waals surface area (Å²) in [7, 11) is 0. The molecule has 152 valence electrons. The molecule has 9 heteroatoms. The maximum Gasteiger partial charge on any atom is 0.573 e. The van der Waals surface area contributed by atoms with Gasteiger partial charge in [-0.3, -0.25) is 4.79 Å². The Morgan fingerprint density at radius 2 is 1.93 bits per heavy atom. The number of ether oxygens (including phenoxy) is 2. The van der Waals surface area contributed by atoms with Crippen molar-refractivity contribution in [2.45, 2.75) is 12.5 Å². The lowest BCUT2D eigenvalue weighted by Gasteiger charge is -2.23. The largest absolute Gasteiger partial charge is 0.573 e. The number of morpholine rings is 1. The van der Waals surface area contributed by atoms with E-state index in [1.54, 1.807) is 24.3 Å². The first-order valence-electron chi connectivity index (χ1n) is 8.47. The van der Waals surface area contributed by atoms with Crippen LogP contribution in [0.5, 0.6) is 5.75 Å². The summed E-state index contributed by atoms with van der Waals surface area (Å²) in [6, 6.07) is 12.4. The van der Waals surface area contributed by atoms with Gasteiger partial charge in [0.1, 0.15) is 5.75 Å². The van der Waals surface area contributed by atoms with Gasteiger partial charge in [-0.1, -0.05) is 24.3 Å². The van der Waals surface area contributed by atoms with E-state index in [4.69, 9.17) is 4.74 Å². The SMILES string of the molecule is Cl.O=C(NCC1CNCCO1)c1cccc(-c2ccc(OC(F)(F)F)cc2)c1. The van der Waals surface area contributed by atoms with Gasteiger partial charge in [-0.25, -0.2) is 0 Å². The number of halogens is 4. The van der Waals surface area contributed by atoms with Gasteiger partial charge in [0.05, 0.1) is 12.7 Å². The van der Waals surface area contributed by atoms with Gasteiger partial charge in [-0.15, -0.1) is 25.6 Å². The number of alkyl halides is 3. The summed E-state index contributed by atoms with van der Waals surface area (Å²) < 4.78 is 46.1. The van der Waals surface area contributed by atoms with E-state index in [-0.39, 0.29) is 30.2 Å². The molecule has 2 N–H and O–H groups in total. The van der Waals surface area contributed by atoms with Crippen LogP contribution in [-0.4, -0.2) is 44.6 Å². The highest BCUT2D eigenvalue weighted by Crippen LogP contribution is 2.27. The average Bonchev–Trinajstić information content (AvgIpc) is 2.66. The van der Waals surface area contributed by atoms with Crippen molar-refractivity contribution in [1.29, 1.82) is 0 Å². The summed E-state index contributed by atoms with van der Waals surface area (Å²) in [5.41, 5.74) is 1.86. The van der Waals surface area contributed by atoms with Gasteiger partial charge >= 0.3 is 6.36 Å². The van der Waals surface area contributed by atoms with Gasteiger partial charge in [0.15, 0.2) is 0 Å². The lowest BCUT2D eigenvalue weighted by molar-refractivity contribution is -0.274. The van der Waals surface area contributed by atoms with Crippen LogP contribution in [0, 0.1) is 0 Å². The van der Waals surface area contributed by atoms with Crippen LogP contribution < -0.4 is 15.4 Å². The van der Waals surface area contributed by atoms with Crippen LogP contribution in [-0.2, 0) is 4.74 Å². The second-order valence-electron chi connectivity index (χ2n) is 6.06. The Labute approximate surface area is 166 Å². The molecule has 3 rings (SSSR count). The number of rotatable bonds is 5. The Morgan fingerprint density at radius 1 is 1.18 bits per heavy atom. The molecule has 0 aromatic heterocycles. The number of hydrogen-bond acceptors (Lipinski definition) is 4. The molecule has 1 fully saturated rings. The van der Waals surface area contributed by atoms with E-state index in [1.165, 1.54) is 24.3 Å². The van der Waals surface area contributed by atoms with Gasteiger partial charge < -0.3 is 20.1 Å². The molecule has 1 amide bonds. The first kappa shape index (κ1) is 22.0. The number of hydrogen-bond donors (Lipinski definition) is 2. The van der Waals surface area contributed by atoms with Crippen molar-refractivity contribution in [3.8, 4) is 16.9 Å². The highest BCUT2D eigenvalue weighted by Gasteiger charge is 2.30. The lowest BCUT2D eigenvalue weighted by Crippen LogP contribution is -2.45. The van der Waals surface area contributed by atoms with Crippen molar-refractivity contribution in [2.24, 2.45) is 0 Å². The van der Waals surface area contributed by atoms with E-state index >= 15 is 0 Å². The normalized spacial score (nSPS) is 16.8. The Hall–Kier alpha value is -2.29. The first-order valence-corrected chi connectivity index (χ1v) is 8.47. The quantitative estimate of drug-likeness (QED) is 0.784. The third kappa shape index (κ3) is 6.40. The molecule has 1 aliphatic rings. The van der Waals surface area contributed by atoms with Crippen molar-refractivity contribution >= 4 is 18.3 Å². The van der Waals surface area contributed by atoms with Crippen LogP contribution in [0.3, 0.4) is 0 Å². The Bertz CT molecular complexity index is 779. The van der Waals surface area contributed by atoms with Gasteiger partial charge in [-0.05, 0) is 35.4 Å².